The number of rotatable bonds is 12. The highest BCUT2D eigenvalue weighted by Gasteiger charge is 2.09. The molecule has 0 aliphatic rings. The van der Waals surface area contributed by atoms with Crippen LogP contribution in [0.4, 0.5) is 0 Å². The topological polar surface area (TPSA) is 35.5 Å². The number of hydrogen-bond donors (Lipinski definition) is 0. The van der Waals surface area contributed by atoms with Crippen LogP contribution in [-0.4, -0.2) is 12.6 Å². The number of carbonyl (C=O) groups is 1. The van der Waals surface area contributed by atoms with E-state index in [1.165, 1.54) is 44.1 Å². The molecule has 0 amide bonds. The summed E-state index contributed by atoms with van der Waals surface area (Å²) in [5.74, 6) is 1.03. The average molecular weight is 369 g/mol. The first kappa shape index (κ1) is 21.0. The number of unbranched alkanes of at least 4 members (excludes halogenated alkanes) is 5. The number of esters is 1. The molecule has 0 aromatic heterocycles. The molecule has 3 heteroatoms. The molecule has 2 aromatic rings. The van der Waals surface area contributed by atoms with Crippen LogP contribution in [0.5, 0.6) is 11.5 Å². The lowest BCUT2D eigenvalue weighted by atomic mass is 10.1. The largest absolute Gasteiger partial charge is 0.494 e. The molecule has 2 rings (SSSR count). The molecule has 0 bridgehead atoms. The van der Waals surface area contributed by atoms with Crippen LogP contribution >= 0.6 is 0 Å². The number of ether oxygens (including phenoxy) is 2. The summed E-state index contributed by atoms with van der Waals surface area (Å²) in [5.41, 5.74) is 1.81. The predicted octanol–water partition coefficient (Wildman–Crippen LogP) is 6.60. The molecule has 0 aliphatic carbocycles. The lowest BCUT2D eigenvalue weighted by Crippen LogP contribution is -2.08. The first-order valence-corrected chi connectivity index (χ1v) is 10.3. The molecule has 0 heterocycles. The minimum atomic E-state index is -0.344. The van der Waals surface area contributed by atoms with E-state index < -0.39 is 0 Å². The van der Waals surface area contributed by atoms with Gasteiger partial charge in [0.05, 0.1) is 12.2 Å². The maximum Gasteiger partial charge on any atom is 0.343 e. The third-order valence-corrected chi connectivity index (χ3v) is 4.56. The van der Waals surface area contributed by atoms with E-state index in [1.54, 1.807) is 12.1 Å². The van der Waals surface area contributed by atoms with E-state index in [9.17, 15) is 4.79 Å². The van der Waals surface area contributed by atoms with E-state index in [0.717, 1.165) is 18.6 Å². The maximum absolute atomic E-state index is 12.3. The molecule has 0 aliphatic heterocycles. The average Bonchev–Trinajstić information content (AvgIpc) is 2.70. The number of benzene rings is 2. The summed E-state index contributed by atoms with van der Waals surface area (Å²) >= 11 is 0. The van der Waals surface area contributed by atoms with Gasteiger partial charge in [-0.3, -0.25) is 0 Å². The summed E-state index contributed by atoms with van der Waals surface area (Å²) in [4.78, 5) is 12.3. The van der Waals surface area contributed by atoms with Crippen LogP contribution in [0.15, 0.2) is 48.5 Å². The molecular weight excluding hydrogens is 336 g/mol. The monoisotopic (exact) mass is 368 g/mol. The highest BCUT2D eigenvalue weighted by atomic mass is 16.5. The van der Waals surface area contributed by atoms with Gasteiger partial charge in [0.1, 0.15) is 11.5 Å². The van der Waals surface area contributed by atoms with Gasteiger partial charge in [-0.1, -0.05) is 58.1 Å². The molecule has 3 nitrogen and oxygen atoms in total. The molecule has 0 spiro atoms. The minimum Gasteiger partial charge on any atom is -0.494 e. The molecule has 0 atom stereocenters. The Balaban J connectivity index is 1.79. The Bertz CT molecular complexity index is 659. The Morgan fingerprint density at radius 2 is 1.37 bits per heavy atom. The third kappa shape index (κ3) is 7.86. The lowest BCUT2D eigenvalue weighted by Gasteiger charge is -2.08. The zero-order chi connectivity index (χ0) is 19.3. The summed E-state index contributed by atoms with van der Waals surface area (Å²) < 4.78 is 11.2. The molecular formula is C24H32O3. The summed E-state index contributed by atoms with van der Waals surface area (Å²) in [7, 11) is 0. The van der Waals surface area contributed by atoms with Crippen molar-refractivity contribution in [3.63, 3.8) is 0 Å². The lowest BCUT2D eigenvalue weighted by molar-refractivity contribution is 0.0734. The Labute approximate surface area is 163 Å². The molecule has 0 N–H and O–H groups in total. The van der Waals surface area contributed by atoms with Crippen molar-refractivity contribution in [1.82, 2.24) is 0 Å². The molecule has 0 fully saturated rings. The van der Waals surface area contributed by atoms with Crippen molar-refractivity contribution in [2.75, 3.05) is 6.61 Å². The van der Waals surface area contributed by atoms with Crippen molar-refractivity contribution in [3.8, 4) is 11.5 Å². The van der Waals surface area contributed by atoms with Crippen molar-refractivity contribution in [1.29, 1.82) is 0 Å². The quantitative estimate of drug-likeness (QED) is 0.240. The standard InChI is InChI=1S/C24H32O3/c1-3-5-7-9-19-26-22-17-13-21(14-18-22)24(25)27-23-15-11-20(12-16-23)10-8-6-4-2/h11-18H,3-10,19H2,1-2H3. The van der Waals surface area contributed by atoms with E-state index >= 15 is 0 Å². The molecule has 0 radical (unpaired) electrons. The fourth-order valence-electron chi connectivity index (χ4n) is 2.88. The fraction of sp³-hybridized carbons (Fsp3) is 0.458. The zero-order valence-corrected chi connectivity index (χ0v) is 16.7. The second kappa shape index (κ2) is 12.2. The SMILES string of the molecule is CCCCCCOc1ccc(C(=O)Oc2ccc(CCCCC)cc2)cc1. The van der Waals surface area contributed by atoms with Crippen LogP contribution < -0.4 is 9.47 Å². The van der Waals surface area contributed by atoms with Gasteiger partial charge in [0, 0.05) is 0 Å². The summed E-state index contributed by atoms with van der Waals surface area (Å²) in [6.07, 6.45) is 9.45. The summed E-state index contributed by atoms with van der Waals surface area (Å²) in [6, 6.07) is 15.0. The van der Waals surface area contributed by atoms with Crippen LogP contribution in [0.1, 0.15) is 74.7 Å². The molecule has 0 unspecified atom stereocenters. The number of aryl methyl sites for hydroxylation is 1. The van der Waals surface area contributed by atoms with Crippen LogP contribution in [0.3, 0.4) is 0 Å². The highest BCUT2D eigenvalue weighted by Crippen LogP contribution is 2.18. The van der Waals surface area contributed by atoms with Crippen molar-refractivity contribution in [3.05, 3.63) is 59.7 Å². The molecule has 2 aromatic carbocycles. The summed E-state index contributed by atoms with van der Waals surface area (Å²) in [5, 5.41) is 0. The van der Waals surface area contributed by atoms with Gasteiger partial charge >= 0.3 is 5.97 Å². The fourth-order valence-corrected chi connectivity index (χ4v) is 2.88. The normalized spacial score (nSPS) is 10.6. The highest BCUT2D eigenvalue weighted by molar-refractivity contribution is 5.91. The van der Waals surface area contributed by atoms with Gasteiger partial charge in [-0.2, -0.15) is 0 Å². The second-order valence-electron chi connectivity index (χ2n) is 6.92. The van der Waals surface area contributed by atoms with Gasteiger partial charge in [0.2, 0.25) is 0 Å². The zero-order valence-electron chi connectivity index (χ0n) is 16.7. The molecule has 146 valence electrons. The smallest absolute Gasteiger partial charge is 0.343 e. The Hall–Kier alpha value is -2.29. The van der Waals surface area contributed by atoms with Crippen LogP contribution in [0, 0.1) is 0 Å². The van der Waals surface area contributed by atoms with Gasteiger partial charge in [0.25, 0.3) is 0 Å². The molecule has 0 saturated heterocycles. The Morgan fingerprint density at radius 1 is 0.741 bits per heavy atom. The minimum absolute atomic E-state index is 0.344. The molecule has 27 heavy (non-hydrogen) atoms. The third-order valence-electron chi connectivity index (χ3n) is 4.56. The van der Waals surface area contributed by atoms with Crippen molar-refractivity contribution >= 4 is 5.97 Å². The Kier molecular flexibility index (Phi) is 9.47. The second-order valence-corrected chi connectivity index (χ2v) is 6.92. The van der Waals surface area contributed by atoms with Gasteiger partial charge in [0.15, 0.2) is 0 Å². The first-order chi connectivity index (χ1) is 13.2. The predicted molar refractivity (Wildman–Crippen MR) is 111 cm³/mol. The van der Waals surface area contributed by atoms with E-state index in [2.05, 4.69) is 13.8 Å². The number of hydrogen-bond acceptors (Lipinski definition) is 3. The van der Waals surface area contributed by atoms with Gasteiger partial charge in [-0.05, 0) is 61.2 Å². The van der Waals surface area contributed by atoms with Crippen molar-refractivity contribution < 1.29 is 14.3 Å². The van der Waals surface area contributed by atoms with E-state index in [-0.39, 0.29) is 5.97 Å². The van der Waals surface area contributed by atoms with E-state index in [1.807, 2.05) is 36.4 Å². The van der Waals surface area contributed by atoms with Crippen LogP contribution in [0.25, 0.3) is 0 Å². The van der Waals surface area contributed by atoms with E-state index in [0.29, 0.717) is 17.9 Å². The summed E-state index contributed by atoms with van der Waals surface area (Å²) in [6.45, 7) is 5.11. The first-order valence-electron chi connectivity index (χ1n) is 10.3. The van der Waals surface area contributed by atoms with Crippen molar-refractivity contribution in [2.24, 2.45) is 0 Å². The molecule has 0 saturated carbocycles. The van der Waals surface area contributed by atoms with Gasteiger partial charge < -0.3 is 9.47 Å². The van der Waals surface area contributed by atoms with Gasteiger partial charge in [-0.15, -0.1) is 0 Å². The van der Waals surface area contributed by atoms with Crippen LogP contribution in [0.2, 0.25) is 0 Å². The van der Waals surface area contributed by atoms with Crippen molar-refractivity contribution in [2.45, 2.75) is 65.2 Å². The number of carbonyl (C=O) groups excluding carboxylic acids is 1. The van der Waals surface area contributed by atoms with Gasteiger partial charge in [-0.25, -0.2) is 4.79 Å². The van der Waals surface area contributed by atoms with Crippen LogP contribution in [-0.2, 0) is 6.42 Å². The Morgan fingerprint density at radius 3 is 2.04 bits per heavy atom. The maximum atomic E-state index is 12.3. The van der Waals surface area contributed by atoms with E-state index in [4.69, 9.17) is 9.47 Å².